The van der Waals surface area contributed by atoms with E-state index in [2.05, 4.69) is 20.1 Å². The molecule has 5 rings (SSSR count). The van der Waals surface area contributed by atoms with Crippen LogP contribution < -0.4 is 10.5 Å². The first-order valence-corrected chi connectivity index (χ1v) is 11.5. The predicted octanol–water partition coefficient (Wildman–Crippen LogP) is 4.13. The maximum atomic E-state index is 12.5. The first-order valence-electron chi connectivity index (χ1n) is 10.2. The molecule has 0 bridgehead atoms. The molecule has 0 N–H and O–H groups in total. The minimum Gasteiger partial charge on any atom is -0.341 e. The molecule has 3 aromatic heterocycles. The fourth-order valence-corrected chi connectivity index (χ4v) is 4.81. The van der Waals surface area contributed by atoms with Crippen molar-refractivity contribution in [3.63, 3.8) is 0 Å². The van der Waals surface area contributed by atoms with Gasteiger partial charge in [0.25, 0.3) is 5.56 Å². The molecule has 4 aromatic rings. The van der Waals surface area contributed by atoms with Crippen LogP contribution in [0, 0.1) is 6.92 Å². The maximum absolute atomic E-state index is 12.5. The van der Waals surface area contributed by atoms with Crippen molar-refractivity contribution in [2.24, 2.45) is 0 Å². The summed E-state index contributed by atoms with van der Waals surface area (Å²) in [6, 6.07) is 13.1. The van der Waals surface area contributed by atoms with Gasteiger partial charge in [0.2, 0.25) is 5.95 Å². The van der Waals surface area contributed by atoms with Gasteiger partial charge in [0.05, 0.1) is 11.4 Å². The molecule has 0 spiro atoms. The molecule has 158 valence electrons. The van der Waals surface area contributed by atoms with Crippen LogP contribution in [-0.2, 0) is 5.75 Å². The van der Waals surface area contributed by atoms with Gasteiger partial charge in [-0.25, -0.2) is 4.98 Å². The summed E-state index contributed by atoms with van der Waals surface area (Å²) in [6.45, 7) is 3.92. The monoisotopic (exact) mass is 452 g/mol. The lowest BCUT2D eigenvalue weighted by atomic mass is 10.3. The van der Waals surface area contributed by atoms with Crippen molar-refractivity contribution >= 4 is 35.0 Å². The van der Waals surface area contributed by atoms with E-state index in [1.807, 2.05) is 47.9 Å². The van der Waals surface area contributed by atoms with Crippen molar-refractivity contribution < 1.29 is 0 Å². The van der Waals surface area contributed by atoms with Crippen LogP contribution in [0.1, 0.15) is 24.1 Å². The minimum atomic E-state index is -0.0883. The van der Waals surface area contributed by atoms with E-state index in [1.165, 1.54) is 11.8 Å². The number of hydrogen-bond acceptors (Lipinski definition) is 6. The van der Waals surface area contributed by atoms with Crippen molar-refractivity contribution in [3.05, 3.63) is 75.3 Å². The Morgan fingerprint density at radius 1 is 1.10 bits per heavy atom. The number of fused-ring (bicyclic) bond motifs is 1. The van der Waals surface area contributed by atoms with Crippen LogP contribution in [-0.4, -0.2) is 37.2 Å². The van der Waals surface area contributed by atoms with Crippen molar-refractivity contribution in [2.45, 2.75) is 30.7 Å². The Hall–Kier alpha value is -2.84. The molecule has 0 atom stereocenters. The van der Waals surface area contributed by atoms with E-state index in [0.717, 1.165) is 48.3 Å². The van der Waals surface area contributed by atoms with E-state index in [-0.39, 0.29) is 5.56 Å². The van der Waals surface area contributed by atoms with Gasteiger partial charge in [-0.2, -0.15) is 0 Å². The van der Waals surface area contributed by atoms with Crippen LogP contribution >= 0.6 is 23.4 Å². The van der Waals surface area contributed by atoms with Crippen molar-refractivity contribution in [1.82, 2.24) is 24.1 Å². The normalized spacial score (nSPS) is 13.9. The Balaban J connectivity index is 1.49. The zero-order valence-electron chi connectivity index (χ0n) is 17.0. The second kappa shape index (κ2) is 8.36. The number of benzene rings is 1. The number of pyridine rings is 1. The van der Waals surface area contributed by atoms with Crippen LogP contribution in [0.4, 0.5) is 5.95 Å². The number of thioether (sulfide) groups is 1. The lowest BCUT2D eigenvalue weighted by Crippen LogP contribution is -2.22. The van der Waals surface area contributed by atoms with Gasteiger partial charge in [-0.1, -0.05) is 29.4 Å². The molecule has 0 aliphatic carbocycles. The van der Waals surface area contributed by atoms with Crippen LogP contribution in [0.25, 0.3) is 11.3 Å². The van der Waals surface area contributed by atoms with Gasteiger partial charge in [-0.3, -0.25) is 13.8 Å². The highest BCUT2D eigenvalue weighted by atomic mass is 35.5. The van der Waals surface area contributed by atoms with E-state index in [9.17, 15) is 4.79 Å². The van der Waals surface area contributed by atoms with Crippen molar-refractivity contribution in [1.29, 1.82) is 0 Å². The van der Waals surface area contributed by atoms with E-state index < -0.39 is 0 Å². The third-order valence-corrected chi connectivity index (χ3v) is 6.49. The average Bonchev–Trinajstić information content (AvgIpc) is 3.41. The summed E-state index contributed by atoms with van der Waals surface area (Å²) >= 11 is 7.77. The number of hydrogen-bond donors (Lipinski definition) is 0. The zero-order valence-corrected chi connectivity index (χ0v) is 18.6. The summed E-state index contributed by atoms with van der Waals surface area (Å²) in [6.07, 6.45) is 4.06. The summed E-state index contributed by atoms with van der Waals surface area (Å²) in [5.41, 5.74) is 3.26. The standard InChI is InChI=1S/C22H21ClN6OS/c1-15-7-10-28-19(11-15)24-17(13-20(28)30)14-31-22-26-25-21(27-8-2-3-9-27)29(22)18-6-4-5-16(23)12-18/h4-7,10-13H,2-3,8-9,14H2,1H3. The molecule has 0 radical (unpaired) electrons. The summed E-state index contributed by atoms with van der Waals surface area (Å²) in [5.74, 6) is 1.34. The summed E-state index contributed by atoms with van der Waals surface area (Å²) < 4.78 is 3.60. The lowest BCUT2D eigenvalue weighted by Gasteiger charge is -2.18. The van der Waals surface area contributed by atoms with Crippen LogP contribution in [0.2, 0.25) is 5.02 Å². The summed E-state index contributed by atoms with van der Waals surface area (Å²) in [7, 11) is 0. The topological polar surface area (TPSA) is 68.3 Å². The average molecular weight is 453 g/mol. The van der Waals surface area contributed by atoms with Gasteiger partial charge in [0, 0.05) is 36.1 Å². The number of aryl methyl sites for hydroxylation is 1. The van der Waals surface area contributed by atoms with E-state index >= 15 is 0 Å². The minimum absolute atomic E-state index is 0.0883. The number of aromatic nitrogens is 5. The first-order chi connectivity index (χ1) is 15.1. The molecule has 1 aromatic carbocycles. The van der Waals surface area contributed by atoms with Gasteiger partial charge in [0.15, 0.2) is 5.16 Å². The largest absolute Gasteiger partial charge is 0.341 e. The molecule has 0 amide bonds. The molecule has 1 aliphatic rings. The highest BCUT2D eigenvalue weighted by molar-refractivity contribution is 7.98. The van der Waals surface area contributed by atoms with Gasteiger partial charge < -0.3 is 4.90 Å². The van der Waals surface area contributed by atoms with Crippen molar-refractivity contribution in [3.8, 4) is 5.69 Å². The molecule has 9 heteroatoms. The molecular formula is C22H21ClN6OS. The van der Waals surface area contributed by atoms with Gasteiger partial charge in [-0.05, 0) is 55.7 Å². The number of anilines is 1. The lowest BCUT2D eigenvalue weighted by molar-refractivity contribution is 0.841. The second-order valence-corrected chi connectivity index (χ2v) is 8.98. The fourth-order valence-electron chi connectivity index (χ4n) is 3.78. The van der Waals surface area contributed by atoms with Gasteiger partial charge in [-0.15, -0.1) is 10.2 Å². The third-order valence-electron chi connectivity index (χ3n) is 5.30. The summed E-state index contributed by atoms with van der Waals surface area (Å²) in [4.78, 5) is 19.4. The highest BCUT2D eigenvalue weighted by Gasteiger charge is 2.22. The molecule has 1 fully saturated rings. The van der Waals surface area contributed by atoms with Gasteiger partial charge in [0.1, 0.15) is 5.65 Å². The molecule has 31 heavy (non-hydrogen) atoms. The molecule has 0 saturated carbocycles. The Morgan fingerprint density at radius 2 is 1.94 bits per heavy atom. The predicted molar refractivity (Wildman–Crippen MR) is 124 cm³/mol. The van der Waals surface area contributed by atoms with Crippen LogP contribution in [0.5, 0.6) is 0 Å². The molecule has 4 heterocycles. The Labute approximate surface area is 188 Å². The molecular weight excluding hydrogens is 432 g/mol. The smallest absolute Gasteiger partial charge is 0.258 e. The van der Waals surface area contributed by atoms with Crippen LogP contribution in [0.15, 0.2) is 58.6 Å². The number of nitrogens with zero attached hydrogens (tertiary/aromatic N) is 6. The second-order valence-electron chi connectivity index (χ2n) is 7.60. The first kappa shape index (κ1) is 20.1. The maximum Gasteiger partial charge on any atom is 0.258 e. The van der Waals surface area contributed by atoms with Crippen LogP contribution in [0.3, 0.4) is 0 Å². The SMILES string of the molecule is Cc1ccn2c(=O)cc(CSc3nnc(N4CCCC4)n3-c3cccc(Cl)c3)nc2c1. The Kier molecular flexibility index (Phi) is 5.41. The number of rotatable bonds is 5. The summed E-state index contributed by atoms with van der Waals surface area (Å²) in [5, 5.41) is 10.4. The zero-order chi connectivity index (χ0) is 21.4. The van der Waals surface area contributed by atoms with E-state index in [0.29, 0.717) is 22.1 Å². The molecule has 1 saturated heterocycles. The Morgan fingerprint density at radius 3 is 2.74 bits per heavy atom. The molecule has 0 unspecified atom stereocenters. The van der Waals surface area contributed by atoms with Gasteiger partial charge >= 0.3 is 0 Å². The Bertz CT molecular complexity index is 1310. The highest BCUT2D eigenvalue weighted by Crippen LogP contribution is 2.30. The van der Waals surface area contributed by atoms with Crippen molar-refractivity contribution in [2.75, 3.05) is 18.0 Å². The third kappa shape index (κ3) is 4.05. The fraction of sp³-hybridized carbons (Fsp3) is 0.273. The van der Waals surface area contributed by atoms with E-state index in [4.69, 9.17) is 11.6 Å². The molecule has 7 nitrogen and oxygen atoms in total. The quantitative estimate of drug-likeness (QED) is 0.424. The number of halogens is 1. The van der Waals surface area contributed by atoms with E-state index in [1.54, 1.807) is 16.7 Å². The molecule has 1 aliphatic heterocycles.